The van der Waals surface area contributed by atoms with Crippen molar-refractivity contribution in [1.82, 2.24) is 0 Å². The van der Waals surface area contributed by atoms with Crippen molar-refractivity contribution in [3.63, 3.8) is 0 Å². The molecule has 9 heteroatoms. The van der Waals surface area contributed by atoms with Crippen LogP contribution in [0.3, 0.4) is 0 Å². The van der Waals surface area contributed by atoms with Crippen LogP contribution in [0.25, 0.3) is 0 Å². The Labute approximate surface area is 126 Å². The SMILES string of the molecule is O=C(CCCCBr)Nc1ccc(C(F)(F)F)cc1[N+](=O)[O-]. The maximum Gasteiger partial charge on any atom is 0.416 e. The first kappa shape index (κ1) is 17.4. The average molecular weight is 369 g/mol. The van der Waals surface area contributed by atoms with E-state index in [0.717, 1.165) is 17.8 Å². The molecule has 21 heavy (non-hydrogen) atoms. The van der Waals surface area contributed by atoms with Gasteiger partial charge >= 0.3 is 6.18 Å². The van der Waals surface area contributed by atoms with Gasteiger partial charge in [0.2, 0.25) is 5.91 Å². The molecular weight excluding hydrogens is 357 g/mol. The largest absolute Gasteiger partial charge is 0.416 e. The third-order valence-corrected chi connectivity index (χ3v) is 3.14. The lowest BCUT2D eigenvalue weighted by atomic mass is 10.1. The van der Waals surface area contributed by atoms with Crippen molar-refractivity contribution in [2.45, 2.75) is 25.4 Å². The molecule has 0 saturated carbocycles. The first-order valence-electron chi connectivity index (χ1n) is 5.97. The Morgan fingerprint density at radius 2 is 2.00 bits per heavy atom. The number of hydrogen-bond acceptors (Lipinski definition) is 3. The summed E-state index contributed by atoms with van der Waals surface area (Å²) in [5.41, 5.74) is -2.15. The van der Waals surface area contributed by atoms with Crippen molar-refractivity contribution in [3.8, 4) is 0 Å². The molecule has 116 valence electrons. The van der Waals surface area contributed by atoms with E-state index in [2.05, 4.69) is 21.2 Å². The Kier molecular flexibility index (Phi) is 6.13. The van der Waals surface area contributed by atoms with Crippen LogP contribution in [-0.2, 0) is 11.0 Å². The van der Waals surface area contributed by atoms with Gasteiger partial charge in [-0.05, 0) is 25.0 Å². The number of rotatable bonds is 6. The van der Waals surface area contributed by atoms with E-state index in [-0.39, 0.29) is 12.1 Å². The van der Waals surface area contributed by atoms with Crippen molar-refractivity contribution in [1.29, 1.82) is 0 Å². The van der Waals surface area contributed by atoms with Crippen molar-refractivity contribution in [2.24, 2.45) is 0 Å². The summed E-state index contributed by atoms with van der Waals surface area (Å²) in [6, 6.07) is 2.00. The van der Waals surface area contributed by atoms with Crippen LogP contribution in [0.5, 0.6) is 0 Å². The molecule has 0 radical (unpaired) electrons. The summed E-state index contributed by atoms with van der Waals surface area (Å²) >= 11 is 3.20. The molecule has 0 atom stereocenters. The molecular formula is C12H12BrF3N2O3. The third kappa shape index (κ3) is 5.33. The number of amides is 1. The predicted octanol–water partition coefficient (Wildman–Crippen LogP) is 4.12. The second-order valence-electron chi connectivity index (χ2n) is 4.18. The van der Waals surface area contributed by atoms with E-state index in [4.69, 9.17) is 0 Å². The van der Waals surface area contributed by atoms with Crippen molar-refractivity contribution >= 4 is 33.2 Å². The van der Waals surface area contributed by atoms with Crippen LogP contribution in [0.1, 0.15) is 24.8 Å². The number of anilines is 1. The Morgan fingerprint density at radius 1 is 1.33 bits per heavy atom. The molecule has 1 aromatic carbocycles. The molecule has 0 heterocycles. The van der Waals surface area contributed by atoms with E-state index in [1.165, 1.54) is 0 Å². The smallest absolute Gasteiger partial charge is 0.320 e. The molecule has 1 rings (SSSR count). The normalized spacial score (nSPS) is 11.2. The third-order valence-electron chi connectivity index (χ3n) is 2.58. The van der Waals surface area contributed by atoms with E-state index in [9.17, 15) is 28.1 Å². The highest BCUT2D eigenvalue weighted by Gasteiger charge is 2.33. The Balaban J connectivity index is 2.92. The molecule has 0 unspecified atom stereocenters. The van der Waals surface area contributed by atoms with E-state index < -0.39 is 28.3 Å². The van der Waals surface area contributed by atoms with Gasteiger partial charge < -0.3 is 5.32 Å². The highest BCUT2D eigenvalue weighted by Crippen LogP contribution is 2.34. The first-order valence-corrected chi connectivity index (χ1v) is 7.09. The summed E-state index contributed by atoms with van der Waals surface area (Å²) in [6.07, 6.45) is -3.21. The number of unbranched alkanes of at least 4 members (excludes halogenated alkanes) is 1. The van der Waals surface area contributed by atoms with E-state index in [1.54, 1.807) is 0 Å². The van der Waals surface area contributed by atoms with Crippen LogP contribution in [0.15, 0.2) is 18.2 Å². The molecule has 0 aliphatic heterocycles. The van der Waals surface area contributed by atoms with Crippen LogP contribution >= 0.6 is 15.9 Å². The molecule has 0 spiro atoms. The van der Waals surface area contributed by atoms with Crippen LogP contribution in [0.2, 0.25) is 0 Å². The summed E-state index contributed by atoms with van der Waals surface area (Å²) in [5, 5.41) is 13.8. The quantitative estimate of drug-likeness (QED) is 0.355. The van der Waals surface area contributed by atoms with Gasteiger partial charge in [-0.2, -0.15) is 13.2 Å². The Morgan fingerprint density at radius 3 is 2.52 bits per heavy atom. The van der Waals surface area contributed by atoms with Gasteiger partial charge in [-0.3, -0.25) is 14.9 Å². The molecule has 1 N–H and O–H groups in total. The summed E-state index contributed by atoms with van der Waals surface area (Å²) in [4.78, 5) is 21.4. The Bertz CT molecular complexity index is 535. The molecule has 0 bridgehead atoms. The number of nitrogens with one attached hydrogen (secondary N) is 1. The summed E-state index contributed by atoms with van der Waals surface area (Å²) in [7, 11) is 0. The zero-order valence-corrected chi connectivity index (χ0v) is 12.3. The van der Waals surface area contributed by atoms with Gasteiger partial charge in [0.25, 0.3) is 5.69 Å². The van der Waals surface area contributed by atoms with Gasteiger partial charge in [0.15, 0.2) is 0 Å². The zero-order chi connectivity index (χ0) is 16.0. The number of alkyl halides is 4. The standard InChI is InChI=1S/C12H12BrF3N2O3/c13-6-2-1-3-11(19)17-9-5-4-8(12(14,15)16)7-10(9)18(20)21/h4-5,7H,1-3,6H2,(H,17,19). The second kappa shape index (κ2) is 7.39. The maximum absolute atomic E-state index is 12.5. The van der Waals surface area contributed by atoms with Gasteiger partial charge in [0.05, 0.1) is 10.5 Å². The molecule has 0 aliphatic rings. The highest BCUT2D eigenvalue weighted by atomic mass is 79.9. The minimum atomic E-state index is -4.68. The number of nitrogens with zero attached hydrogens (tertiary/aromatic N) is 1. The van der Waals surface area contributed by atoms with E-state index in [0.29, 0.717) is 18.6 Å². The monoisotopic (exact) mass is 368 g/mol. The topological polar surface area (TPSA) is 72.2 Å². The average Bonchev–Trinajstić information content (AvgIpc) is 2.37. The summed E-state index contributed by atoms with van der Waals surface area (Å²) in [6.45, 7) is 0. The van der Waals surface area contributed by atoms with Gasteiger partial charge in [0, 0.05) is 17.8 Å². The summed E-state index contributed by atoms with van der Waals surface area (Å²) in [5.74, 6) is -0.473. The lowest BCUT2D eigenvalue weighted by molar-refractivity contribution is -0.384. The van der Waals surface area contributed by atoms with E-state index in [1.807, 2.05) is 0 Å². The number of halogens is 4. The highest BCUT2D eigenvalue weighted by molar-refractivity contribution is 9.09. The van der Waals surface area contributed by atoms with Gasteiger partial charge in [-0.25, -0.2) is 0 Å². The minimum absolute atomic E-state index is 0.143. The fraction of sp³-hybridized carbons (Fsp3) is 0.417. The van der Waals surface area contributed by atoms with Crippen LogP contribution in [0.4, 0.5) is 24.5 Å². The molecule has 1 aromatic rings. The van der Waals surface area contributed by atoms with Crippen molar-refractivity contribution in [3.05, 3.63) is 33.9 Å². The number of hydrogen-bond donors (Lipinski definition) is 1. The van der Waals surface area contributed by atoms with Gasteiger partial charge in [-0.1, -0.05) is 15.9 Å². The number of nitro groups is 1. The zero-order valence-electron chi connectivity index (χ0n) is 10.7. The first-order chi connectivity index (χ1) is 9.75. The lowest BCUT2D eigenvalue weighted by Gasteiger charge is -2.09. The van der Waals surface area contributed by atoms with E-state index >= 15 is 0 Å². The van der Waals surface area contributed by atoms with Gasteiger partial charge in [-0.15, -0.1) is 0 Å². The maximum atomic E-state index is 12.5. The molecule has 0 aromatic heterocycles. The van der Waals surface area contributed by atoms with Crippen LogP contribution in [0, 0.1) is 10.1 Å². The molecule has 5 nitrogen and oxygen atoms in total. The lowest BCUT2D eigenvalue weighted by Crippen LogP contribution is -2.13. The molecule has 0 fully saturated rings. The summed E-state index contributed by atoms with van der Waals surface area (Å²) < 4.78 is 37.5. The number of nitro benzene ring substituents is 1. The number of carbonyl (C=O) groups excluding carboxylic acids is 1. The molecule has 1 amide bonds. The van der Waals surface area contributed by atoms with Crippen molar-refractivity contribution < 1.29 is 22.9 Å². The Hall–Kier alpha value is -1.64. The van der Waals surface area contributed by atoms with Crippen LogP contribution < -0.4 is 5.32 Å². The number of carbonyl (C=O) groups is 1. The molecule has 0 aliphatic carbocycles. The van der Waals surface area contributed by atoms with Crippen LogP contribution in [-0.4, -0.2) is 16.2 Å². The van der Waals surface area contributed by atoms with Crippen molar-refractivity contribution in [2.75, 3.05) is 10.6 Å². The van der Waals surface area contributed by atoms with Gasteiger partial charge in [0.1, 0.15) is 5.69 Å². The predicted molar refractivity (Wildman–Crippen MR) is 74.4 cm³/mol. The fourth-order valence-electron chi connectivity index (χ4n) is 1.56. The minimum Gasteiger partial charge on any atom is -0.320 e. The molecule has 0 saturated heterocycles. The second-order valence-corrected chi connectivity index (χ2v) is 4.97. The number of benzene rings is 1. The fourth-order valence-corrected chi connectivity index (χ4v) is 1.95.